The van der Waals surface area contributed by atoms with Crippen molar-refractivity contribution in [3.8, 4) is 5.75 Å². The maximum Gasteiger partial charge on any atom is 0.118 e. The zero-order chi connectivity index (χ0) is 13.8. The van der Waals surface area contributed by atoms with Crippen LogP contribution in [0.2, 0.25) is 0 Å². The minimum absolute atomic E-state index is 0.146. The Morgan fingerprint density at radius 1 is 1.22 bits per heavy atom. The number of hydrogen-bond donors (Lipinski definition) is 1. The molecule has 0 saturated carbocycles. The summed E-state index contributed by atoms with van der Waals surface area (Å²) in [6.45, 7) is 5.26. The predicted molar refractivity (Wildman–Crippen MR) is 76.9 cm³/mol. The Hall–Kier alpha value is -1.06. The molecule has 0 heterocycles. The Morgan fingerprint density at radius 2 is 1.78 bits per heavy atom. The Labute approximate surface area is 111 Å². The lowest BCUT2D eigenvalue weighted by Crippen LogP contribution is -2.35. The van der Waals surface area contributed by atoms with E-state index in [2.05, 4.69) is 45.0 Å². The van der Waals surface area contributed by atoms with Crippen molar-refractivity contribution in [3.05, 3.63) is 29.8 Å². The third-order valence-corrected chi connectivity index (χ3v) is 3.48. The molecule has 0 aromatic heterocycles. The molecule has 18 heavy (non-hydrogen) atoms. The van der Waals surface area contributed by atoms with E-state index in [1.54, 1.807) is 7.11 Å². The first-order valence-corrected chi connectivity index (χ1v) is 6.43. The summed E-state index contributed by atoms with van der Waals surface area (Å²) < 4.78 is 5.21. The molecule has 1 aromatic rings. The molecule has 102 valence electrons. The van der Waals surface area contributed by atoms with Crippen molar-refractivity contribution in [3.63, 3.8) is 0 Å². The van der Waals surface area contributed by atoms with Gasteiger partial charge in [0.25, 0.3) is 0 Å². The molecule has 0 amide bonds. The Balaban J connectivity index is 3.04. The van der Waals surface area contributed by atoms with E-state index in [1.165, 1.54) is 5.56 Å². The lowest BCUT2D eigenvalue weighted by Gasteiger charge is -2.39. The summed E-state index contributed by atoms with van der Waals surface area (Å²) in [5.74, 6) is 0.896. The molecule has 1 aromatic carbocycles. The smallest absolute Gasteiger partial charge is 0.118 e. The summed E-state index contributed by atoms with van der Waals surface area (Å²) in [5, 5.41) is 0. The van der Waals surface area contributed by atoms with Gasteiger partial charge >= 0.3 is 0 Å². The van der Waals surface area contributed by atoms with E-state index in [9.17, 15) is 0 Å². The molecule has 0 saturated heterocycles. The van der Waals surface area contributed by atoms with E-state index >= 15 is 0 Å². The summed E-state index contributed by atoms with van der Waals surface area (Å²) in [6, 6.07) is 8.67. The molecule has 1 atom stereocenters. The van der Waals surface area contributed by atoms with Gasteiger partial charge in [-0.3, -0.25) is 0 Å². The number of nitrogens with two attached hydrogens (primary N) is 1. The van der Waals surface area contributed by atoms with Gasteiger partial charge in [0.15, 0.2) is 0 Å². The summed E-state index contributed by atoms with van der Waals surface area (Å²) in [6.07, 6.45) is 1.00. The fourth-order valence-corrected chi connectivity index (χ4v) is 2.74. The highest BCUT2D eigenvalue weighted by atomic mass is 16.5. The van der Waals surface area contributed by atoms with Crippen molar-refractivity contribution in [1.82, 2.24) is 4.90 Å². The average Bonchev–Trinajstić information content (AvgIpc) is 2.29. The summed E-state index contributed by atoms with van der Waals surface area (Å²) >= 11 is 0. The molecule has 0 radical (unpaired) electrons. The van der Waals surface area contributed by atoms with E-state index in [-0.39, 0.29) is 5.41 Å². The quantitative estimate of drug-likeness (QED) is 0.843. The van der Waals surface area contributed by atoms with E-state index in [4.69, 9.17) is 10.5 Å². The molecule has 2 N–H and O–H groups in total. The van der Waals surface area contributed by atoms with Gasteiger partial charge in [0, 0.05) is 6.04 Å². The zero-order valence-corrected chi connectivity index (χ0v) is 12.2. The lowest BCUT2D eigenvalue weighted by atomic mass is 9.77. The minimum Gasteiger partial charge on any atom is -0.497 e. The maximum atomic E-state index is 5.74. The molecule has 1 rings (SSSR count). The van der Waals surface area contributed by atoms with Crippen LogP contribution in [0.1, 0.15) is 31.9 Å². The van der Waals surface area contributed by atoms with Crippen molar-refractivity contribution in [2.24, 2.45) is 11.1 Å². The second-order valence-electron chi connectivity index (χ2n) is 5.67. The molecule has 0 aliphatic heterocycles. The third-order valence-electron chi connectivity index (χ3n) is 3.48. The second-order valence-corrected chi connectivity index (χ2v) is 5.67. The van der Waals surface area contributed by atoms with Gasteiger partial charge in [0.05, 0.1) is 7.11 Å². The van der Waals surface area contributed by atoms with Crippen molar-refractivity contribution in [2.75, 3.05) is 27.7 Å². The molecular weight excluding hydrogens is 224 g/mol. The van der Waals surface area contributed by atoms with Crippen molar-refractivity contribution >= 4 is 0 Å². The van der Waals surface area contributed by atoms with E-state index in [1.807, 2.05) is 12.1 Å². The summed E-state index contributed by atoms with van der Waals surface area (Å²) in [5.41, 5.74) is 7.19. The Morgan fingerprint density at radius 3 is 2.17 bits per heavy atom. The third kappa shape index (κ3) is 3.47. The topological polar surface area (TPSA) is 38.5 Å². The molecule has 3 heteroatoms. The number of methoxy groups -OCH3 is 1. The van der Waals surface area contributed by atoms with Gasteiger partial charge in [0.1, 0.15) is 5.75 Å². The highest BCUT2D eigenvalue weighted by molar-refractivity contribution is 5.30. The first-order chi connectivity index (χ1) is 8.42. The number of rotatable bonds is 6. The largest absolute Gasteiger partial charge is 0.497 e. The van der Waals surface area contributed by atoms with Gasteiger partial charge in [0.2, 0.25) is 0 Å². The van der Waals surface area contributed by atoms with Crippen LogP contribution in [0.15, 0.2) is 24.3 Å². The summed E-state index contributed by atoms with van der Waals surface area (Å²) in [4.78, 5) is 2.26. The summed E-state index contributed by atoms with van der Waals surface area (Å²) in [7, 11) is 5.93. The van der Waals surface area contributed by atoms with Crippen LogP contribution in [0.5, 0.6) is 5.75 Å². The van der Waals surface area contributed by atoms with Crippen molar-refractivity contribution in [1.29, 1.82) is 0 Å². The molecule has 0 spiro atoms. The average molecular weight is 250 g/mol. The van der Waals surface area contributed by atoms with Gasteiger partial charge < -0.3 is 15.4 Å². The van der Waals surface area contributed by atoms with Crippen LogP contribution < -0.4 is 10.5 Å². The van der Waals surface area contributed by atoms with Crippen LogP contribution in [0.3, 0.4) is 0 Å². The minimum atomic E-state index is 0.146. The van der Waals surface area contributed by atoms with E-state index in [0.717, 1.165) is 12.2 Å². The SMILES string of the molecule is COc1ccc(C(N(C)C)C(C)(C)CCN)cc1. The highest BCUT2D eigenvalue weighted by Gasteiger charge is 2.31. The van der Waals surface area contributed by atoms with Crippen LogP contribution in [0, 0.1) is 5.41 Å². The van der Waals surface area contributed by atoms with Crippen LogP contribution >= 0.6 is 0 Å². The number of benzene rings is 1. The van der Waals surface area contributed by atoms with Gasteiger partial charge in [-0.1, -0.05) is 26.0 Å². The van der Waals surface area contributed by atoms with Crippen LogP contribution in [0.25, 0.3) is 0 Å². The first kappa shape index (κ1) is 15.0. The first-order valence-electron chi connectivity index (χ1n) is 6.43. The maximum absolute atomic E-state index is 5.74. The van der Waals surface area contributed by atoms with Crippen molar-refractivity contribution < 1.29 is 4.74 Å². The normalized spacial score (nSPS) is 13.7. The molecule has 0 fully saturated rings. The molecule has 1 unspecified atom stereocenters. The second kappa shape index (κ2) is 6.21. The molecule has 0 aliphatic carbocycles. The molecule has 0 aliphatic rings. The molecule has 0 bridgehead atoms. The lowest BCUT2D eigenvalue weighted by molar-refractivity contribution is 0.128. The molecule has 3 nitrogen and oxygen atoms in total. The Kier molecular flexibility index (Phi) is 5.17. The van der Waals surface area contributed by atoms with Crippen LogP contribution in [-0.2, 0) is 0 Å². The van der Waals surface area contributed by atoms with Crippen molar-refractivity contribution in [2.45, 2.75) is 26.3 Å². The molecular formula is C15H26N2O. The van der Waals surface area contributed by atoms with Gasteiger partial charge in [-0.05, 0) is 50.2 Å². The van der Waals surface area contributed by atoms with Gasteiger partial charge in [-0.2, -0.15) is 0 Å². The zero-order valence-electron chi connectivity index (χ0n) is 12.2. The fraction of sp³-hybridized carbons (Fsp3) is 0.600. The van der Waals surface area contributed by atoms with Crippen LogP contribution in [0.4, 0.5) is 0 Å². The monoisotopic (exact) mass is 250 g/mol. The Bertz CT molecular complexity index is 357. The number of hydrogen-bond acceptors (Lipinski definition) is 3. The highest BCUT2D eigenvalue weighted by Crippen LogP contribution is 2.39. The standard InChI is InChI=1S/C15H26N2O/c1-15(2,10-11-16)14(17(3)4)12-6-8-13(18-5)9-7-12/h6-9,14H,10-11,16H2,1-5H3. The van der Waals surface area contributed by atoms with E-state index in [0.29, 0.717) is 12.6 Å². The van der Waals surface area contributed by atoms with Gasteiger partial charge in [-0.15, -0.1) is 0 Å². The number of nitrogens with zero attached hydrogens (tertiary/aromatic N) is 1. The van der Waals surface area contributed by atoms with Gasteiger partial charge in [-0.25, -0.2) is 0 Å². The van der Waals surface area contributed by atoms with Crippen LogP contribution in [-0.4, -0.2) is 32.6 Å². The number of ether oxygens (including phenoxy) is 1. The predicted octanol–water partition coefficient (Wildman–Crippen LogP) is 2.67. The van der Waals surface area contributed by atoms with E-state index < -0.39 is 0 Å². The fourth-order valence-electron chi connectivity index (χ4n) is 2.74.